The maximum Gasteiger partial charge on any atom is 0.274 e. The largest absolute Gasteiger partial charge is 0.318 e. The number of carbonyl (C=O) groups is 1. The first-order valence-electron chi connectivity index (χ1n) is 8.68. The zero-order valence-corrected chi connectivity index (χ0v) is 15.1. The van der Waals surface area contributed by atoms with E-state index in [0.717, 1.165) is 11.3 Å². The van der Waals surface area contributed by atoms with E-state index in [9.17, 15) is 4.79 Å². The standard InChI is InChI=1S/C19H19N7O/c1-13(2)17-8-16(24-19-20-12-22-26(17)19)18(27)23-15-9-21-25(11-15)10-14-6-4-3-5-7-14/h3-9,11-13H,10H2,1-2H3,(H,23,27). The molecular weight excluding hydrogens is 342 g/mol. The molecule has 27 heavy (non-hydrogen) atoms. The second-order valence-electron chi connectivity index (χ2n) is 6.56. The summed E-state index contributed by atoms with van der Waals surface area (Å²) in [5.74, 6) is 0.283. The van der Waals surface area contributed by atoms with Gasteiger partial charge in [0.2, 0.25) is 0 Å². The molecule has 0 spiro atoms. The molecule has 8 nitrogen and oxygen atoms in total. The van der Waals surface area contributed by atoms with Gasteiger partial charge in [0.05, 0.1) is 24.1 Å². The molecule has 3 aromatic heterocycles. The first kappa shape index (κ1) is 16.9. The van der Waals surface area contributed by atoms with Crippen molar-refractivity contribution in [3.05, 3.63) is 72.1 Å². The van der Waals surface area contributed by atoms with Crippen molar-refractivity contribution < 1.29 is 4.79 Å². The third-order valence-corrected chi connectivity index (χ3v) is 4.18. The fraction of sp³-hybridized carbons (Fsp3) is 0.211. The predicted molar refractivity (Wildman–Crippen MR) is 101 cm³/mol. The van der Waals surface area contributed by atoms with Gasteiger partial charge in [-0.25, -0.2) is 9.50 Å². The molecule has 0 fully saturated rings. The Labute approximate surface area is 155 Å². The highest BCUT2D eigenvalue weighted by Crippen LogP contribution is 2.17. The number of nitrogens with zero attached hydrogens (tertiary/aromatic N) is 6. The van der Waals surface area contributed by atoms with E-state index >= 15 is 0 Å². The molecule has 0 radical (unpaired) electrons. The lowest BCUT2D eigenvalue weighted by molar-refractivity contribution is 0.102. The van der Waals surface area contributed by atoms with Crippen molar-refractivity contribution in [2.45, 2.75) is 26.3 Å². The van der Waals surface area contributed by atoms with E-state index in [1.165, 1.54) is 6.33 Å². The van der Waals surface area contributed by atoms with E-state index in [-0.39, 0.29) is 11.8 Å². The van der Waals surface area contributed by atoms with E-state index in [0.29, 0.717) is 23.7 Å². The van der Waals surface area contributed by atoms with Crippen molar-refractivity contribution in [3.63, 3.8) is 0 Å². The van der Waals surface area contributed by atoms with Crippen LogP contribution in [-0.2, 0) is 6.54 Å². The van der Waals surface area contributed by atoms with Gasteiger partial charge in [0.15, 0.2) is 0 Å². The minimum Gasteiger partial charge on any atom is -0.318 e. The number of hydrogen-bond acceptors (Lipinski definition) is 5. The number of carbonyl (C=O) groups excluding carboxylic acids is 1. The fourth-order valence-electron chi connectivity index (χ4n) is 2.84. The summed E-state index contributed by atoms with van der Waals surface area (Å²) in [6.07, 6.45) is 4.85. The lowest BCUT2D eigenvalue weighted by atomic mass is 10.1. The third kappa shape index (κ3) is 3.55. The number of rotatable bonds is 5. The number of anilines is 1. The van der Waals surface area contributed by atoms with Gasteiger partial charge < -0.3 is 5.32 Å². The van der Waals surface area contributed by atoms with Crippen LogP contribution in [0, 0.1) is 0 Å². The Bertz CT molecular complexity index is 1080. The van der Waals surface area contributed by atoms with Gasteiger partial charge >= 0.3 is 0 Å². The Morgan fingerprint density at radius 3 is 2.78 bits per heavy atom. The summed E-state index contributed by atoms with van der Waals surface area (Å²) in [4.78, 5) is 21.1. The van der Waals surface area contributed by atoms with Crippen molar-refractivity contribution in [3.8, 4) is 0 Å². The number of fused-ring (bicyclic) bond motifs is 1. The normalized spacial score (nSPS) is 11.2. The van der Waals surface area contributed by atoms with Crippen LogP contribution in [0.2, 0.25) is 0 Å². The van der Waals surface area contributed by atoms with Gasteiger partial charge in [0, 0.05) is 6.20 Å². The van der Waals surface area contributed by atoms with E-state index in [1.54, 1.807) is 27.7 Å². The third-order valence-electron chi connectivity index (χ3n) is 4.18. The lowest BCUT2D eigenvalue weighted by Crippen LogP contribution is -2.16. The van der Waals surface area contributed by atoms with Crippen molar-refractivity contribution in [1.29, 1.82) is 0 Å². The van der Waals surface area contributed by atoms with Crippen LogP contribution in [0.1, 0.15) is 41.5 Å². The van der Waals surface area contributed by atoms with E-state index in [1.807, 2.05) is 44.2 Å². The van der Waals surface area contributed by atoms with Crippen LogP contribution in [0.15, 0.2) is 55.1 Å². The van der Waals surface area contributed by atoms with Crippen molar-refractivity contribution in [1.82, 2.24) is 29.4 Å². The number of aromatic nitrogens is 6. The number of benzene rings is 1. The SMILES string of the molecule is CC(C)c1cc(C(=O)Nc2cnn(Cc3ccccc3)c2)nc2ncnn12. The number of amides is 1. The molecule has 0 saturated heterocycles. The van der Waals surface area contributed by atoms with E-state index in [4.69, 9.17) is 0 Å². The van der Waals surface area contributed by atoms with E-state index < -0.39 is 0 Å². The summed E-state index contributed by atoms with van der Waals surface area (Å²) in [5.41, 5.74) is 2.93. The Balaban J connectivity index is 1.53. The minimum atomic E-state index is -0.304. The highest BCUT2D eigenvalue weighted by atomic mass is 16.1. The molecule has 0 atom stereocenters. The van der Waals surface area contributed by atoms with Crippen LogP contribution in [0.3, 0.4) is 0 Å². The summed E-state index contributed by atoms with van der Waals surface area (Å²) < 4.78 is 3.43. The molecule has 1 aromatic carbocycles. The Kier molecular flexibility index (Phi) is 4.37. The van der Waals surface area contributed by atoms with Gasteiger partial charge in [-0.1, -0.05) is 44.2 Å². The lowest BCUT2D eigenvalue weighted by Gasteiger charge is -2.09. The van der Waals surface area contributed by atoms with Crippen LogP contribution in [0.4, 0.5) is 5.69 Å². The molecule has 136 valence electrons. The summed E-state index contributed by atoms with van der Waals surface area (Å²) in [6, 6.07) is 11.8. The smallest absolute Gasteiger partial charge is 0.274 e. The second kappa shape index (κ2) is 6.99. The molecule has 0 saturated carbocycles. The molecule has 4 aromatic rings. The Morgan fingerprint density at radius 2 is 2.00 bits per heavy atom. The van der Waals surface area contributed by atoms with Gasteiger partial charge in [-0.15, -0.1) is 0 Å². The minimum absolute atomic E-state index is 0.178. The number of hydrogen-bond donors (Lipinski definition) is 1. The average Bonchev–Trinajstić information content (AvgIpc) is 3.30. The molecule has 3 heterocycles. The molecule has 1 N–H and O–H groups in total. The van der Waals surface area contributed by atoms with Gasteiger partial charge in [-0.05, 0) is 17.5 Å². The molecule has 1 amide bonds. The molecule has 0 aliphatic rings. The van der Waals surface area contributed by atoms with Crippen LogP contribution in [-0.4, -0.2) is 35.3 Å². The summed E-state index contributed by atoms with van der Waals surface area (Å²) in [5, 5.41) is 11.3. The zero-order valence-electron chi connectivity index (χ0n) is 15.1. The molecule has 0 aliphatic carbocycles. The first-order valence-corrected chi connectivity index (χ1v) is 8.68. The monoisotopic (exact) mass is 361 g/mol. The summed E-state index contributed by atoms with van der Waals surface area (Å²) in [7, 11) is 0. The summed E-state index contributed by atoms with van der Waals surface area (Å²) in [6.45, 7) is 4.70. The second-order valence-corrected chi connectivity index (χ2v) is 6.56. The molecule has 0 unspecified atom stereocenters. The Morgan fingerprint density at radius 1 is 1.19 bits per heavy atom. The quantitative estimate of drug-likeness (QED) is 0.590. The number of nitrogens with one attached hydrogen (secondary N) is 1. The maximum atomic E-state index is 12.7. The Hall–Kier alpha value is -3.55. The molecular formula is C19H19N7O. The molecule has 0 bridgehead atoms. The molecule has 0 aliphatic heterocycles. The fourth-order valence-corrected chi connectivity index (χ4v) is 2.84. The predicted octanol–water partition coefficient (Wildman–Crippen LogP) is 2.74. The average molecular weight is 361 g/mol. The summed E-state index contributed by atoms with van der Waals surface area (Å²) >= 11 is 0. The van der Waals surface area contributed by atoms with Crippen molar-refractivity contribution >= 4 is 17.4 Å². The molecule has 4 rings (SSSR count). The first-order chi connectivity index (χ1) is 13.1. The maximum absolute atomic E-state index is 12.7. The zero-order chi connectivity index (χ0) is 18.8. The molecule has 8 heteroatoms. The van der Waals surface area contributed by atoms with E-state index in [2.05, 4.69) is 25.5 Å². The van der Waals surface area contributed by atoms with Gasteiger partial charge in [0.1, 0.15) is 12.0 Å². The van der Waals surface area contributed by atoms with Gasteiger partial charge in [-0.3, -0.25) is 9.48 Å². The van der Waals surface area contributed by atoms with Crippen LogP contribution in [0.25, 0.3) is 5.78 Å². The van der Waals surface area contributed by atoms with Crippen molar-refractivity contribution in [2.24, 2.45) is 0 Å². The van der Waals surface area contributed by atoms with Crippen molar-refractivity contribution in [2.75, 3.05) is 5.32 Å². The highest BCUT2D eigenvalue weighted by molar-refractivity contribution is 6.03. The van der Waals surface area contributed by atoms with Gasteiger partial charge in [-0.2, -0.15) is 15.2 Å². The highest BCUT2D eigenvalue weighted by Gasteiger charge is 2.16. The topological polar surface area (TPSA) is 90.0 Å². The van der Waals surface area contributed by atoms with Crippen LogP contribution < -0.4 is 5.32 Å². The van der Waals surface area contributed by atoms with Gasteiger partial charge in [0.25, 0.3) is 11.7 Å². The van der Waals surface area contributed by atoms with Crippen LogP contribution in [0.5, 0.6) is 0 Å². The van der Waals surface area contributed by atoms with Crippen LogP contribution >= 0.6 is 0 Å².